The highest BCUT2D eigenvalue weighted by Crippen LogP contribution is 2.32. The molecule has 1 aliphatic rings. The van der Waals surface area contributed by atoms with Crippen molar-refractivity contribution in [1.82, 2.24) is 5.32 Å². The lowest BCUT2D eigenvalue weighted by Gasteiger charge is -2.25. The third kappa shape index (κ3) is 8.04. The summed E-state index contributed by atoms with van der Waals surface area (Å²) in [7, 11) is 1.29. The van der Waals surface area contributed by atoms with Gasteiger partial charge in [0.05, 0.1) is 36.3 Å². The van der Waals surface area contributed by atoms with Crippen LogP contribution < -0.4 is 10.1 Å². The van der Waals surface area contributed by atoms with E-state index >= 15 is 0 Å². The second-order valence-electron chi connectivity index (χ2n) is 8.47. The van der Waals surface area contributed by atoms with Crippen molar-refractivity contribution in [3.8, 4) is 5.75 Å². The highest BCUT2D eigenvalue weighted by molar-refractivity contribution is 14.1. The lowest BCUT2D eigenvalue weighted by atomic mass is 9.98. The van der Waals surface area contributed by atoms with Crippen LogP contribution in [0, 0.1) is 9.49 Å². The number of carbonyl (C=O) groups is 3. The molecule has 3 rings (SSSR count). The number of nitrogens with one attached hydrogen (secondary N) is 1. The molecule has 0 radical (unpaired) electrons. The molecule has 0 bridgehead atoms. The van der Waals surface area contributed by atoms with E-state index in [9.17, 15) is 14.4 Å². The molecule has 1 heterocycles. The van der Waals surface area contributed by atoms with E-state index in [1.54, 1.807) is 6.07 Å². The Balaban J connectivity index is 1.78. The standard InChI is InChI=1S/C27H29ClINO6/c1-17(31)36-25-19(13-21(15-23(25)28)27(33)34-2)7-3-4-11-24(18-8-5-10-22(29)14-18)30-26(32)20-9-6-12-35-16-20/h3-5,8,10,13-15,20,24H,6-7,9,11-12,16H2,1-2H3,(H,30,32)/b4-3+/t20?,24-/m0/s1. The Morgan fingerprint density at radius 2 is 2.06 bits per heavy atom. The second kappa shape index (κ2) is 13.8. The molecule has 0 aliphatic carbocycles. The highest BCUT2D eigenvalue weighted by atomic mass is 127. The van der Waals surface area contributed by atoms with E-state index < -0.39 is 11.9 Å². The maximum atomic E-state index is 12.9. The minimum atomic E-state index is -0.537. The number of hydrogen-bond donors (Lipinski definition) is 1. The molecule has 9 heteroatoms. The maximum Gasteiger partial charge on any atom is 0.337 e. The van der Waals surface area contributed by atoms with Crippen molar-refractivity contribution in [2.75, 3.05) is 20.3 Å². The fourth-order valence-electron chi connectivity index (χ4n) is 3.98. The molecule has 1 unspecified atom stereocenters. The minimum absolute atomic E-state index is 0.0123. The SMILES string of the molecule is COC(=O)c1cc(Cl)c(OC(C)=O)c(C/C=C/C[C@H](NC(=O)C2CCCOC2)c2cccc(I)c2)c1. The van der Waals surface area contributed by atoms with Crippen LogP contribution in [0.25, 0.3) is 0 Å². The summed E-state index contributed by atoms with van der Waals surface area (Å²) in [5.74, 6) is -1.00. The molecular formula is C27H29ClINO6. The van der Waals surface area contributed by atoms with Crippen LogP contribution in [0.2, 0.25) is 5.02 Å². The van der Waals surface area contributed by atoms with Crippen molar-refractivity contribution >= 4 is 52.0 Å². The molecule has 1 amide bonds. The zero-order chi connectivity index (χ0) is 26.1. The van der Waals surface area contributed by atoms with Gasteiger partial charge >= 0.3 is 11.9 Å². The van der Waals surface area contributed by atoms with Gasteiger partial charge < -0.3 is 19.5 Å². The average molecular weight is 626 g/mol. The Kier molecular flexibility index (Phi) is 10.8. The molecule has 36 heavy (non-hydrogen) atoms. The van der Waals surface area contributed by atoms with Crippen LogP contribution in [0.4, 0.5) is 0 Å². The van der Waals surface area contributed by atoms with Crippen LogP contribution in [-0.2, 0) is 25.5 Å². The average Bonchev–Trinajstić information content (AvgIpc) is 2.87. The number of halogens is 2. The van der Waals surface area contributed by atoms with E-state index in [0.29, 0.717) is 31.6 Å². The molecule has 1 fully saturated rings. The van der Waals surface area contributed by atoms with Gasteiger partial charge in [-0.3, -0.25) is 9.59 Å². The van der Waals surface area contributed by atoms with Gasteiger partial charge in [0.2, 0.25) is 5.91 Å². The molecule has 2 aromatic rings. The first-order chi connectivity index (χ1) is 17.3. The fraction of sp³-hybridized carbons (Fsp3) is 0.370. The largest absolute Gasteiger partial charge is 0.465 e. The highest BCUT2D eigenvalue weighted by Gasteiger charge is 2.24. The number of hydrogen-bond acceptors (Lipinski definition) is 6. The van der Waals surface area contributed by atoms with Gasteiger partial charge in [-0.2, -0.15) is 0 Å². The molecule has 0 spiro atoms. The molecule has 1 saturated heterocycles. The Morgan fingerprint density at radius 3 is 2.72 bits per heavy atom. The second-order valence-corrected chi connectivity index (χ2v) is 10.1. The predicted octanol–water partition coefficient (Wildman–Crippen LogP) is 5.43. The van der Waals surface area contributed by atoms with Crippen molar-refractivity contribution in [2.24, 2.45) is 5.92 Å². The topological polar surface area (TPSA) is 90.9 Å². The molecule has 0 saturated carbocycles. The summed E-state index contributed by atoms with van der Waals surface area (Å²) in [6, 6.07) is 10.8. The van der Waals surface area contributed by atoms with E-state index in [-0.39, 0.29) is 34.2 Å². The van der Waals surface area contributed by atoms with Gasteiger partial charge in [-0.1, -0.05) is 35.9 Å². The van der Waals surface area contributed by atoms with E-state index in [4.69, 9.17) is 25.8 Å². The van der Waals surface area contributed by atoms with E-state index in [1.165, 1.54) is 20.1 Å². The number of amides is 1. The number of esters is 2. The third-order valence-corrected chi connectivity index (χ3v) is 6.71. The predicted molar refractivity (Wildman–Crippen MR) is 145 cm³/mol. The Bertz CT molecular complexity index is 1130. The van der Waals surface area contributed by atoms with Crippen LogP contribution in [-0.4, -0.2) is 38.2 Å². The van der Waals surface area contributed by atoms with Crippen molar-refractivity contribution in [2.45, 2.75) is 38.6 Å². The van der Waals surface area contributed by atoms with Crippen molar-refractivity contribution in [1.29, 1.82) is 0 Å². The van der Waals surface area contributed by atoms with Crippen LogP contribution in [0.3, 0.4) is 0 Å². The summed E-state index contributed by atoms with van der Waals surface area (Å²) < 4.78 is 16.7. The van der Waals surface area contributed by atoms with E-state index in [2.05, 4.69) is 34.0 Å². The number of rotatable bonds is 9. The van der Waals surface area contributed by atoms with Crippen molar-refractivity contribution < 1.29 is 28.6 Å². The monoisotopic (exact) mass is 625 g/mol. The minimum Gasteiger partial charge on any atom is -0.465 e. The maximum absolute atomic E-state index is 12.9. The van der Waals surface area contributed by atoms with Gasteiger partial charge in [0, 0.05) is 22.7 Å². The van der Waals surface area contributed by atoms with Crippen LogP contribution in [0.15, 0.2) is 48.6 Å². The number of ether oxygens (including phenoxy) is 3. The zero-order valence-electron chi connectivity index (χ0n) is 20.2. The smallest absolute Gasteiger partial charge is 0.337 e. The number of carbonyl (C=O) groups excluding carboxylic acids is 3. The van der Waals surface area contributed by atoms with Crippen molar-refractivity contribution in [3.05, 3.63) is 73.8 Å². The molecule has 2 aromatic carbocycles. The summed E-state index contributed by atoms with van der Waals surface area (Å²) in [5, 5.41) is 3.33. The summed E-state index contributed by atoms with van der Waals surface area (Å²) in [4.78, 5) is 36.5. The lowest BCUT2D eigenvalue weighted by molar-refractivity contribution is -0.132. The molecule has 1 aliphatic heterocycles. The first-order valence-corrected chi connectivity index (χ1v) is 13.1. The normalized spacial score (nSPS) is 16.4. The van der Waals surface area contributed by atoms with Crippen LogP contribution in [0.1, 0.15) is 53.7 Å². The number of benzene rings is 2. The van der Waals surface area contributed by atoms with E-state index in [1.807, 2.05) is 30.4 Å². The number of allylic oxidation sites excluding steroid dienone is 1. The zero-order valence-corrected chi connectivity index (χ0v) is 23.1. The van der Waals surface area contributed by atoms with Crippen LogP contribution >= 0.6 is 34.2 Å². The first kappa shape index (κ1) is 28.1. The molecule has 2 atom stereocenters. The first-order valence-electron chi connectivity index (χ1n) is 11.7. The van der Waals surface area contributed by atoms with Crippen molar-refractivity contribution in [3.63, 3.8) is 0 Å². The molecular weight excluding hydrogens is 597 g/mol. The van der Waals surface area contributed by atoms with Gasteiger partial charge in [0.25, 0.3) is 0 Å². The lowest BCUT2D eigenvalue weighted by Crippen LogP contribution is -2.37. The summed E-state index contributed by atoms with van der Waals surface area (Å²) in [5.41, 5.74) is 1.84. The fourth-order valence-corrected chi connectivity index (χ4v) is 4.82. The molecule has 7 nitrogen and oxygen atoms in total. The molecule has 192 valence electrons. The van der Waals surface area contributed by atoms with Gasteiger partial charge in [-0.05, 0) is 78.1 Å². The Hall–Kier alpha value is -2.43. The molecule has 0 aromatic heterocycles. The summed E-state index contributed by atoms with van der Waals surface area (Å²) in [6.45, 7) is 2.43. The van der Waals surface area contributed by atoms with Crippen LogP contribution in [0.5, 0.6) is 5.75 Å². The summed E-state index contributed by atoms with van der Waals surface area (Å²) in [6.07, 6.45) is 6.46. The van der Waals surface area contributed by atoms with E-state index in [0.717, 1.165) is 22.0 Å². The van der Waals surface area contributed by atoms with Gasteiger partial charge in [0.15, 0.2) is 5.75 Å². The Morgan fingerprint density at radius 1 is 1.25 bits per heavy atom. The quantitative estimate of drug-likeness (QED) is 0.173. The molecule has 1 N–H and O–H groups in total. The third-order valence-electron chi connectivity index (χ3n) is 5.76. The van der Waals surface area contributed by atoms with Gasteiger partial charge in [-0.25, -0.2) is 4.79 Å². The number of methoxy groups -OCH3 is 1. The van der Waals surface area contributed by atoms with Gasteiger partial charge in [-0.15, -0.1) is 0 Å². The van der Waals surface area contributed by atoms with Gasteiger partial charge in [0.1, 0.15) is 0 Å². The Labute approximate surface area is 229 Å². The summed E-state index contributed by atoms with van der Waals surface area (Å²) >= 11 is 8.55.